The first kappa shape index (κ1) is 24.6. The van der Waals surface area contributed by atoms with Crippen LogP contribution in [0.25, 0.3) is 0 Å². The van der Waals surface area contributed by atoms with Crippen LogP contribution in [0.2, 0.25) is 0 Å². The normalized spacial score (nSPS) is 20.2. The monoisotopic (exact) mass is 469 g/mol. The van der Waals surface area contributed by atoms with Crippen molar-refractivity contribution < 1.29 is 19.0 Å². The van der Waals surface area contributed by atoms with Gasteiger partial charge in [0.1, 0.15) is 5.60 Å². The quantitative estimate of drug-likeness (QED) is 0.486. The summed E-state index contributed by atoms with van der Waals surface area (Å²) in [6, 6.07) is 11.2. The summed E-state index contributed by atoms with van der Waals surface area (Å²) in [4.78, 5) is 16.0. The van der Waals surface area contributed by atoms with Gasteiger partial charge >= 0.3 is 0 Å². The molecule has 1 aliphatic carbocycles. The average molecular weight is 470 g/mol. The van der Waals surface area contributed by atoms with Crippen LogP contribution < -0.4 is 15.4 Å². The van der Waals surface area contributed by atoms with Crippen molar-refractivity contribution in [1.82, 2.24) is 15.6 Å². The van der Waals surface area contributed by atoms with Crippen molar-refractivity contribution in [2.45, 2.75) is 83.1 Å². The van der Waals surface area contributed by atoms with E-state index in [0.29, 0.717) is 30.2 Å². The number of aliphatic hydroxyl groups is 1. The molecule has 3 N–H and O–H groups in total. The number of hydrogen-bond acceptors (Lipinski definition) is 5. The van der Waals surface area contributed by atoms with Crippen molar-refractivity contribution in [3.8, 4) is 5.88 Å². The molecule has 0 saturated heterocycles. The zero-order chi connectivity index (χ0) is 24.3. The molecule has 6 nitrogen and oxygen atoms in total. The van der Waals surface area contributed by atoms with Crippen molar-refractivity contribution in [3.63, 3.8) is 0 Å². The number of fused-ring (bicyclic) bond motifs is 1. The number of carbonyl (C=O) groups excluding carboxylic acids is 1. The molecule has 1 saturated carbocycles. The molecular weight excluding hydrogens is 433 g/mol. The summed E-state index contributed by atoms with van der Waals surface area (Å²) in [5.74, 6) is 0.0334. The molecule has 0 bridgehead atoms. The van der Waals surface area contributed by atoms with Crippen LogP contribution in [0.5, 0.6) is 5.88 Å². The molecule has 3 atom stereocenters. The number of carbonyl (C=O) groups is 1. The number of amides is 1. The number of aromatic nitrogens is 1. The zero-order valence-corrected chi connectivity index (χ0v) is 20.3. The van der Waals surface area contributed by atoms with Crippen molar-refractivity contribution in [1.29, 1.82) is 0 Å². The number of halogens is 1. The Balaban J connectivity index is 1.52. The number of hydrogen-bond donors (Lipinski definition) is 3. The minimum absolute atomic E-state index is 0.104. The van der Waals surface area contributed by atoms with Gasteiger partial charge in [-0.2, -0.15) is 9.37 Å². The fraction of sp³-hybridized carbons (Fsp3) is 0.556. The number of nitrogens with one attached hydrogen (secondary N) is 2. The van der Waals surface area contributed by atoms with E-state index in [9.17, 15) is 14.3 Å². The maximum atomic E-state index is 14.7. The van der Waals surface area contributed by atoms with E-state index in [1.54, 1.807) is 0 Å². The maximum absolute atomic E-state index is 14.7. The third kappa shape index (κ3) is 5.76. The van der Waals surface area contributed by atoms with Gasteiger partial charge < -0.3 is 20.5 Å². The number of ether oxygens (including phenoxy) is 1. The summed E-state index contributed by atoms with van der Waals surface area (Å²) in [6.45, 7) is 5.86. The molecule has 1 fully saturated rings. The van der Waals surface area contributed by atoms with E-state index < -0.39 is 18.1 Å². The minimum Gasteiger partial charge on any atom is -0.471 e. The predicted octanol–water partition coefficient (Wildman–Crippen LogP) is 3.86. The molecule has 0 radical (unpaired) electrons. The number of rotatable bonds is 9. The van der Waals surface area contributed by atoms with Crippen molar-refractivity contribution in [2.24, 2.45) is 5.92 Å². The minimum atomic E-state index is -0.795. The molecule has 1 amide bonds. The third-order valence-corrected chi connectivity index (χ3v) is 6.92. The van der Waals surface area contributed by atoms with E-state index >= 15 is 0 Å². The standard InChI is InChI=1S/C27H36FN3O3/c1-17(2)12-20-14-21-23(15-27(10-7-11-27)34-26(21)31-25(20)28)29-16-24(33)22(30-18(3)32)13-19-8-5-4-6-9-19/h4-6,8-9,14,17,22-24,29,33H,7,10-13,15-16H2,1-3H3,(H,30,32)/t22-,23-,24+/m0/s1. The van der Waals surface area contributed by atoms with Crippen LogP contribution >= 0.6 is 0 Å². The molecule has 1 aromatic heterocycles. The summed E-state index contributed by atoms with van der Waals surface area (Å²) in [5.41, 5.74) is 2.17. The average Bonchev–Trinajstić information content (AvgIpc) is 2.76. The van der Waals surface area contributed by atoms with Crippen LogP contribution in [0, 0.1) is 11.9 Å². The Morgan fingerprint density at radius 3 is 2.62 bits per heavy atom. The van der Waals surface area contributed by atoms with E-state index in [0.717, 1.165) is 36.8 Å². The molecule has 184 valence electrons. The Kier molecular flexibility index (Phi) is 7.53. The van der Waals surface area contributed by atoms with Gasteiger partial charge in [0.15, 0.2) is 0 Å². The Hall–Kier alpha value is -2.51. The Bertz CT molecular complexity index is 994. The van der Waals surface area contributed by atoms with Crippen LogP contribution in [0.15, 0.2) is 36.4 Å². The first-order valence-electron chi connectivity index (χ1n) is 12.4. The highest BCUT2D eigenvalue weighted by Gasteiger charge is 2.46. The van der Waals surface area contributed by atoms with Gasteiger partial charge in [-0.3, -0.25) is 4.79 Å². The van der Waals surface area contributed by atoms with E-state index in [4.69, 9.17) is 4.74 Å². The lowest BCUT2D eigenvalue weighted by Gasteiger charge is -2.47. The van der Waals surface area contributed by atoms with Gasteiger partial charge in [-0.15, -0.1) is 0 Å². The number of nitrogens with zero attached hydrogens (tertiary/aromatic N) is 1. The largest absolute Gasteiger partial charge is 0.471 e. The van der Waals surface area contributed by atoms with Gasteiger partial charge in [0.05, 0.1) is 12.1 Å². The van der Waals surface area contributed by atoms with E-state index in [1.165, 1.54) is 6.92 Å². The molecule has 2 aromatic rings. The Morgan fingerprint density at radius 1 is 1.26 bits per heavy atom. The number of benzene rings is 1. The van der Waals surface area contributed by atoms with Crippen LogP contribution in [0.1, 0.15) is 69.2 Å². The van der Waals surface area contributed by atoms with E-state index in [1.807, 2.05) is 36.4 Å². The fourth-order valence-electron chi connectivity index (χ4n) is 5.05. The summed E-state index contributed by atoms with van der Waals surface area (Å²) < 4.78 is 20.9. The van der Waals surface area contributed by atoms with Crippen molar-refractivity contribution in [2.75, 3.05) is 6.54 Å². The second-order valence-electron chi connectivity index (χ2n) is 10.3. The van der Waals surface area contributed by atoms with E-state index in [2.05, 4.69) is 29.5 Å². The third-order valence-electron chi connectivity index (χ3n) is 6.92. The van der Waals surface area contributed by atoms with Gasteiger partial charge in [-0.05, 0) is 49.7 Å². The lowest BCUT2D eigenvalue weighted by atomic mass is 9.73. The van der Waals surface area contributed by atoms with Crippen molar-refractivity contribution >= 4 is 5.91 Å². The molecule has 1 aromatic carbocycles. The Morgan fingerprint density at radius 2 is 2.00 bits per heavy atom. The lowest BCUT2D eigenvalue weighted by Crippen LogP contribution is -2.52. The summed E-state index contributed by atoms with van der Waals surface area (Å²) in [5, 5.41) is 17.4. The summed E-state index contributed by atoms with van der Waals surface area (Å²) >= 11 is 0. The van der Waals surface area contributed by atoms with Gasteiger partial charge in [0.25, 0.3) is 0 Å². The highest BCUT2D eigenvalue weighted by Crippen LogP contribution is 2.48. The molecule has 7 heteroatoms. The number of pyridine rings is 1. The molecule has 34 heavy (non-hydrogen) atoms. The first-order chi connectivity index (χ1) is 16.2. The second kappa shape index (κ2) is 10.4. The highest BCUT2D eigenvalue weighted by molar-refractivity contribution is 5.73. The van der Waals surface area contributed by atoms with Crippen molar-refractivity contribution in [3.05, 3.63) is 59.0 Å². The van der Waals surface area contributed by atoms with Gasteiger partial charge in [-0.25, -0.2) is 0 Å². The van der Waals surface area contributed by atoms with Gasteiger partial charge in [0, 0.05) is 37.1 Å². The highest BCUT2D eigenvalue weighted by atomic mass is 19.1. The zero-order valence-electron chi connectivity index (χ0n) is 20.3. The smallest absolute Gasteiger partial charge is 0.221 e. The van der Waals surface area contributed by atoms with Crippen LogP contribution in [-0.2, 0) is 17.6 Å². The SMILES string of the molecule is CC(=O)N[C@@H](Cc1ccccc1)[C@H](O)CN[C@H]1CC2(CCC2)Oc2nc(F)c(CC(C)C)cc21. The molecule has 2 aliphatic rings. The maximum Gasteiger partial charge on any atom is 0.221 e. The molecule has 2 heterocycles. The molecule has 1 spiro atoms. The summed E-state index contributed by atoms with van der Waals surface area (Å²) in [6.07, 6.45) is 4.03. The lowest BCUT2D eigenvalue weighted by molar-refractivity contribution is -0.120. The first-order valence-corrected chi connectivity index (χ1v) is 12.4. The van der Waals surface area contributed by atoms with Crippen LogP contribution in [-0.4, -0.2) is 40.3 Å². The summed E-state index contributed by atoms with van der Waals surface area (Å²) in [7, 11) is 0. The van der Waals surface area contributed by atoms with Crippen LogP contribution in [0.3, 0.4) is 0 Å². The molecule has 0 unspecified atom stereocenters. The van der Waals surface area contributed by atoms with Crippen LogP contribution in [0.4, 0.5) is 4.39 Å². The predicted molar refractivity (Wildman–Crippen MR) is 129 cm³/mol. The molecule has 1 aliphatic heterocycles. The topological polar surface area (TPSA) is 83.5 Å². The second-order valence-corrected chi connectivity index (χ2v) is 10.3. The molecule has 4 rings (SSSR count). The van der Waals surface area contributed by atoms with Gasteiger partial charge in [0.2, 0.25) is 17.7 Å². The van der Waals surface area contributed by atoms with Gasteiger partial charge in [-0.1, -0.05) is 44.2 Å². The molecular formula is C27H36FN3O3. The number of aliphatic hydroxyl groups excluding tert-OH is 1. The fourth-order valence-corrected chi connectivity index (χ4v) is 5.05. The Labute approximate surface area is 201 Å². The van der Waals surface area contributed by atoms with E-state index in [-0.39, 0.29) is 24.1 Å².